The molecule has 2 aromatic carbocycles. The molecule has 3 aromatic rings. The van der Waals surface area contributed by atoms with Crippen molar-refractivity contribution in [2.75, 3.05) is 23.7 Å². The van der Waals surface area contributed by atoms with Crippen molar-refractivity contribution >= 4 is 58.4 Å². The number of aryl methyl sites for hydroxylation is 1. The second-order valence-electron chi connectivity index (χ2n) is 8.07. The largest absolute Gasteiger partial charge is 0.330 e. The van der Waals surface area contributed by atoms with E-state index in [1.54, 1.807) is 54.1 Å². The lowest BCUT2D eigenvalue weighted by Crippen LogP contribution is -2.36. The Morgan fingerprint density at radius 3 is 2.19 bits per heavy atom. The maximum Gasteiger partial charge on any atom is 0.247 e. The first kappa shape index (κ1) is 27.0. The zero-order valence-corrected chi connectivity index (χ0v) is 21.7. The van der Waals surface area contributed by atoms with E-state index >= 15 is 0 Å². The zero-order valence-electron chi connectivity index (χ0n) is 20.2. The fourth-order valence-electron chi connectivity index (χ4n) is 3.44. The van der Waals surface area contributed by atoms with Crippen LogP contribution in [0.25, 0.3) is 6.08 Å². The summed E-state index contributed by atoms with van der Waals surface area (Å²) in [7, 11) is 0. The highest BCUT2D eigenvalue weighted by Gasteiger charge is 2.16. The molecule has 0 aliphatic heterocycles. The topological polar surface area (TPSA) is 96.3 Å². The molecule has 0 unspecified atom stereocenters. The van der Waals surface area contributed by atoms with Gasteiger partial charge in [0, 0.05) is 41.5 Å². The maximum atomic E-state index is 12.8. The summed E-state index contributed by atoms with van der Waals surface area (Å²) < 4.78 is 1.66. The Morgan fingerprint density at radius 2 is 1.61 bits per heavy atom. The van der Waals surface area contributed by atoms with E-state index < -0.39 is 0 Å². The number of amides is 3. The fraction of sp³-hybridized carbons (Fsp3) is 0.231. The predicted molar refractivity (Wildman–Crippen MR) is 143 cm³/mol. The third kappa shape index (κ3) is 7.44. The van der Waals surface area contributed by atoms with Crippen LogP contribution in [0.2, 0.25) is 10.2 Å². The summed E-state index contributed by atoms with van der Waals surface area (Å²) in [6, 6.07) is 14.1. The van der Waals surface area contributed by atoms with E-state index in [-0.39, 0.29) is 24.3 Å². The van der Waals surface area contributed by atoms with E-state index in [4.69, 9.17) is 23.2 Å². The van der Waals surface area contributed by atoms with Crippen LogP contribution < -0.4 is 10.6 Å². The highest BCUT2D eigenvalue weighted by Crippen LogP contribution is 2.23. The Kier molecular flexibility index (Phi) is 9.27. The molecule has 1 heterocycles. The third-order valence-electron chi connectivity index (χ3n) is 5.26. The van der Waals surface area contributed by atoms with Gasteiger partial charge >= 0.3 is 0 Å². The summed E-state index contributed by atoms with van der Waals surface area (Å²) in [5.74, 6) is -0.840. The van der Waals surface area contributed by atoms with Crippen LogP contribution >= 0.6 is 23.2 Å². The van der Waals surface area contributed by atoms with Gasteiger partial charge in [0.25, 0.3) is 0 Å². The van der Waals surface area contributed by atoms with Gasteiger partial charge < -0.3 is 15.5 Å². The first-order valence-corrected chi connectivity index (χ1v) is 12.0. The second-order valence-corrected chi connectivity index (χ2v) is 8.86. The number of nitrogens with one attached hydrogen (secondary N) is 2. The van der Waals surface area contributed by atoms with Crippen molar-refractivity contribution in [1.29, 1.82) is 0 Å². The normalized spacial score (nSPS) is 10.9. The molecule has 8 nitrogen and oxygen atoms in total. The van der Waals surface area contributed by atoms with Crippen LogP contribution in [-0.4, -0.2) is 45.5 Å². The van der Waals surface area contributed by atoms with Crippen LogP contribution in [0.3, 0.4) is 0 Å². The summed E-state index contributed by atoms with van der Waals surface area (Å²) in [6.45, 7) is 5.73. The number of anilines is 2. The first-order valence-electron chi connectivity index (χ1n) is 11.3. The van der Waals surface area contributed by atoms with Gasteiger partial charge in [-0.3, -0.25) is 14.4 Å². The van der Waals surface area contributed by atoms with Crippen LogP contribution in [0.5, 0.6) is 0 Å². The maximum absolute atomic E-state index is 12.8. The van der Waals surface area contributed by atoms with E-state index in [0.717, 1.165) is 5.56 Å². The summed E-state index contributed by atoms with van der Waals surface area (Å²) in [5.41, 5.74) is 3.49. The van der Waals surface area contributed by atoms with Gasteiger partial charge in [0.05, 0.1) is 12.2 Å². The molecule has 0 aliphatic rings. The number of hydrogen-bond donors (Lipinski definition) is 2. The Bertz CT molecular complexity index is 1270. The lowest BCUT2D eigenvalue weighted by molar-refractivity contribution is -0.130. The van der Waals surface area contributed by atoms with E-state index in [9.17, 15) is 14.4 Å². The van der Waals surface area contributed by atoms with E-state index in [1.807, 2.05) is 19.1 Å². The quantitative estimate of drug-likeness (QED) is 0.382. The first-order chi connectivity index (χ1) is 17.2. The van der Waals surface area contributed by atoms with Gasteiger partial charge in [-0.05, 0) is 61.9 Å². The molecule has 3 amide bonds. The van der Waals surface area contributed by atoms with Gasteiger partial charge in [-0.2, -0.15) is 5.10 Å². The van der Waals surface area contributed by atoms with E-state index in [1.165, 1.54) is 17.9 Å². The second kappa shape index (κ2) is 12.4. The highest BCUT2D eigenvalue weighted by atomic mass is 35.5. The number of hydrogen-bond acceptors (Lipinski definition) is 4. The number of aromatic nitrogens is 2. The fourth-order valence-corrected chi connectivity index (χ4v) is 3.87. The van der Waals surface area contributed by atoms with Crippen molar-refractivity contribution in [1.82, 2.24) is 14.7 Å². The van der Waals surface area contributed by atoms with Crippen LogP contribution in [0.4, 0.5) is 11.4 Å². The minimum Gasteiger partial charge on any atom is -0.330 e. The smallest absolute Gasteiger partial charge is 0.247 e. The highest BCUT2D eigenvalue weighted by molar-refractivity contribution is 6.31. The molecule has 0 atom stereocenters. The van der Waals surface area contributed by atoms with Gasteiger partial charge in [-0.25, -0.2) is 4.68 Å². The summed E-state index contributed by atoms with van der Waals surface area (Å²) in [6.07, 6.45) is 3.01. The molecule has 2 N–H and O–H groups in total. The van der Waals surface area contributed by atoms with Crippen molar-refractivity contribution in [2.45, 2.75) is 27.3 Å². The van der Waals surface area contributed by atoms with Gasteiger partial charge in [-0.15, -0.1) is 0 Å². The van der Waals surface area contributed by atoms with Crippen LogP contribution in [0.15, 0.2) is 54.6 Å². The number of carbonyl (C=O) groups is 3. The molecule has 188 valence electrons. The molecular weight excluding hydrogens is 501 g/mol. The van der Waals surface area contributed by atoms with Gasteiger partial charge in [0.1, 0.15) is 11.7 Å². The van der Waals surface area contributed by atoms with Gasteiger partial charge in [-0.1, -0.05) is 35.3 Å². The van der Waals surface area contributed by atoms with Crippen molar-refractivity contribution in [3.63, 3.8) is 0 Å². The Labute approximate surface area is 219 Å². The molecule has 0 spiro atoms. The zero-order chi connectivity index (χ0) is 26.2. The standard InChI is InChI=1S/C26H27Cl2N5O3/c1-4-32(16-24(35)30-22-11-9-21(10-12-22)29-18(3)34)25(36)14-13-23-17(2)31-33(26(23)28)15-19-5-7-20(27)8-6-19/h5-14H,4,15-16H2,1-3H3,(H,29,34)(H,30,35). The van der Waals surface area contributed by atoms with Gasteiger partial charge in [0.15, 0.2) is 0 Å². The molecule has 10 heteroatoms. The number of likely N-dealkylation sites (N-methyl/N-ethyl adjacent to an activating group) is 1. The molecule has 0 radical (unpaired) electrons. The molecule has 0 saturated carbocycles. The minimum absolute atomic E-state index is 0.115. The monoisotopic (exact) mass is 527 g/mol. The SMILES string of the molecule is CCN(CC(=O)Nc1ccc(NC(C)=O)cc1)C(=O)C=Cc1c(C)nn(Cc2ccc(Cl)cc2)c1Cl. The van der Waals surface area contributed by atoms with Crippen molar-refractivity contribution in [3.05, 3.63) is 81.6 Å². The molecule has 0 saturated heterocycles. The summed E-state index contributed by atoms with van der Waals surface area (Å²) >= 11 is 12.5. The van der Waals surface area contributed by atoms with Crippen LogP contribution in [0, 0.1) is 6.92 Å². The molecular formula is C26H27Cl2N5O3. The number of carbonyl (C=O) groups excluding carboxylic acids is 3. The van der Waals surface area contributed by atoms with Crippen molar-refractivity contribution in [3.8, 4) is 0 Å². The van der Waals surface area contributed by atoms with Crippen molar-refractivity contribution < 1.29 is 14.4 Å². The number of rotatable bonds is 9. The predicted octanol–water partition coefficient (Wildman–Crippen LogP) is 5.01. The Balaban J connectivity index is 1.61. The number of nitrogens with zero attached hydrogens (tertiary/aromatic N) is 3. The van der Waals surface area contributed by atoms with E-state index in [2.05, 4.69) is 15.7 Å². The minimum atomic E-state index is -0.337. The lowest BCUT2D eigenvalue weighted by Gasteiger charge is -2.18. The third-order valence-corrected chi connectivity index (χ3v) is 5.92. The van der Waals surface area contributed by atoms with E-state index in [0.29, 0.717) is 45.9 Å². The average Bonchev–Trinajstić information content (AvgIpc) is 3.10. The molecule has 0 aliphatic carbocycles. The molecule has 0 fully saturated rings. The molecule has 3 rings (SSSR count). The lowest BCUT2D eigenvalue weighted by atomic mass is 10.2. The number of halogens is 2. The molecule has 0 bridgehead atoms. The summed E-state index contributed by atoms with van der Waals surface area (Å²) in [5, 5.41) is 11.0. The van der Waals surface area contributed by atoms with Crippen LogP contribution in [-0.2, 0) is 20.9 Å². The van der Waals surface area contributed by atoms with Crippen molar-refractivity contribution in [2.24, 2.45) is 0 Å². The molecule has 36 heavy (non-hydrogen) atoms. The Morgan fingerprint density at radius 1 is 1.00 bits per heavy atom. The molecule has 1 aromatic heterocycles. The Hall–Kier alpha value is -3.62. The summed E-state index contributed by atoms with van der Waals surface area (Å²) in [4.78, 5) is 37.8. The number of benzene rings is 2. The average molecular weight is 528 g/mol. The van der Waals surface area contributed by atoms with Gasteiger partial charge in [0.2, 0.25) is 17.7 Å². The van der Waals surface area contributed by atoms with Crippen LogP contribution in [0.1, 0.15) is 30.7 Å².